The standard InChI is InChI=1S/C19H20F3NO3/c1-11(2)12-4-7-17(26-3)16(9-12)15-6-5-14(19(20,21)22)8-13(15)10-23-18(24)25/h4-9,11,23H,10H2,1-3H3,(H,24,25)/p-1. The van der Waals surface area contributed by atoms with Crippen molar-refractivity contribution in [2.75, 3.05) is 7.11 Å². The summed E-state index contributed by atoms with van der Waals surface area (Å²) in [5.41, 5.74) is 1.38. The van der Waals surface area contributed by atoms with Crippen molar-refractivity contribution >= 4 is 6.09 Å². The van der Waals surface area contributed by atoms with Gasteiger partial charge in [0.1, 0.15) is 11.8 Å². The second-order valence-corrected chi connectivity index (χ2v) is 6.13. The van der Waals surface area contributed by atoms with Gasteiger partial charge in [0.15, 0.2) is 0 Å². The molecular formula is C19H19F3NO3-. The van der Waals surface area contributed by atoms with Crippen LogP contribution in [0.5, 0.6) is 5.75 Å². The molecule has 0 aliphatic heterocycles. The van der Waals surface area contributed by atoms with Gasteiger partial charge in [-0.2, -0.15) is 13.2 Å². The van der Waals surface area contributed by atoms with Gasteiger partial charge in [0.2, 0.25) is 0 Å². The van der Waals surface area contributed by atoms with Gasteiger partial charge in [0.25, 0.3) is 0 Å². The molecule has 0 saturated carbocycles. The molecule has 0 atom stereocenters. The van der Waals surface area contributed by atoms with Crippen molar-refractivity contribution in [2.45, 2.75) is 32.5 Å². The lowest BCUT2D eigenvalue weighted by atomic mass is 9.92. The number of carbonyl (C=O) groups excluding carboxylic acids is 1. The normalized spacial score (nSPS) is 11.5. The minimum absolute atomic E-state index is 0.184. The SMILES string of the molecule is COc1ccc(C(C)C)cc1-c1ccc(C(F)(F)F)cc1CNC(=O)[O-]. The molecular weight excluding hydrogens is 347 g/mol. The van der Waals surface area contributed by atoms with Crippen LogP contribution in [0.15, 0.2) is 36.4 Å². The molecule has 1 N–H and O–H groups in total. The Morgan fingerprint density at radius 2 is 1.85 bits per heavy atom. The summed E-state index contributed by atoms with van der Waals surface area (Å²) in [5, 5.41) is 12.7. The second kappa shape index (κ2) is 7.68. The molecule has 7 heteroatoms. The molecule has 0 bridgehead atoms. The lowest BCUT2D eigenvalue weighted by Crippen LogP contribution is -2.36. The average molecular weight is 366 g/mol. The van der Waals surface area contributed by atoms with Gasteiger partial charge in [0.05, 0.1) is 12.7 Å². The fraction of sp³-hybridized carbons (Fsp3) is 0.316. The van der Waals surface area contributed by atoms with Gasteiger partial charge in [-0.1, -0.05) is 26.0 Å². The molecule has 0 fully saturated rings. The summed E-state index contributed by atoms with van der Waals surface area (Å²) in [6.07, 6.45) is -6.09. The minimum Gasteiger partial charge on any atom is -0.530 e. The van der Waals surface area contributed by atoms with Gasteiger partial charge in [0, 0.05) is 12.1 Å². The quantitative estimate of drug-likeness (QED) is 0.872. The molecule has 2 aromatic carbocycles. The van der Waals surface area contributed by atoms with E-state index in [1.165, 1.54) is 13.2 Å². The highest BCUT2D eigenvalue weighted by Crippen LogP contribution is 2.38. The molecule has 1 amide bonds. The van der Waals surface area contributed by atoms with Crippen molar-refractivity contribution in [1.29, 1.82) is 0 Å². The molecule has 0 aromatic heterocycles. The zero-order valence-electron chi connectivity index (χ0n) is 14.6. The van der Waals surface area contributed by atoms with E-state index in [-0.39, 0.29) is 18.0 Å². The lowest BCUT2D eigenvalue weighted by molar-refractivity contribution is -0.251. The van der Waals surface area contributed by atoms with Crippen LogP contribution in [-0.4, -0.2) is 13.2 Å². The van der Waals surface area contributed by atoms with Gasteiger partial charge in [-0.15, -0.1) is 0 Å². The van der Waals surface area contributed by atoms with E-state index in [0.717, 1.165) is 17.7 Å². The summed E-state index contributed by atoms with van der Waals surface area (Å²) < 4.78 is 44.5. The number of carbonyl (C=O) groups is 1. The van der Waals surface area contributed by atoms with Gasteiger partial charge < -0.3 is 20.0 Å². The van der Waals surface area contributed by atoms with E-state index in [0.29, 0.717) is 16.9 Å². The maximum atomic E-state index is 13.0. The number of ether oxygens (including phenoxy) is 1. The molecule has 0 heterocycles. The maximum absolute atomic E-state index is 13.0. The number of rotatable bonds is 5. The fourth-order valence-corrected chi connectivity index (χ4v) is 2.64. The molecule has 2 rings (SSSR count). The fourth-order valence-electron chi connectivity index (χ4n) is 2.64. The van der Waals surface area contributed by atoms with Crippen LogP contribution in [0.1, 0.15) is 36.5 Å². The first-order valence-corrected chi connectivity index (χ1v) is 7.96. The van der Waals surface area contributed by atoms with Crippen molar-refractivity contribution in [3.8, 4) is 16.9 Å². The Labute approximate surface area is 149 Å². The number of nitrogens with one attached hydrogen (secondary N) is 1. The Morgan fingerprint density at radius 1 is 1.15 bits per heavy atom. The predicted octanol–water partition coefficient (Wildman–Crippen LogP) is 3.94. The number of benzene rings is 2. The third kappa shape index (κ3) is 4.47. The molecule has 0 aliphatic rings. The van der Waals surface area contributed by atoms with Crippen molar-refractivity contribution in [1.82, 2.24) is 5.32 Å². The van der Waals surface area contributed by atoms with Gasteiger partial charge in [-0.25, -0.2) is 0 Å². The highest BCUT2D eigenvalue weighted by atomic mass is 19.4. The number of halogens is 3. The van der Waals surface area contributed by atoms with E-state index in [4.69, 9.17) is 4.74 Å². The van der Waals surface area contributed by atoms with Crippen molar-refractivity contribution in [3.63, 3.8) is 0 Å². The first-order valence-electron chi connectivity index (χ1n) is 7.96. The summed E-state index contributed by atoms with van der Waals surface area (Å²) in [6, 6.07) is 8.71. The summed E-state index contributed by atoms with van der Waals surface area (Å²) in [6.45, 7) is 3.68. The van der Waals surface area contributed by atoms with E-state index in [1.54, 1.807) is 6.07 Å². The Hall–Kier alpha value is -2.70. The van der Waals surface area contributed by atoms with Gasteiger partial charge >= 0.3 is 6.18 Å². The van der Waals surface area contributed by atoms with E-state index in [2.05, 4.69) is 0 Å². The Morgan fingerprint density at radius 3 is 2.38 bits per heavy atom. The predicted molar refractivity (Wildman–Crippen MR) is 89.8 cm³/mol. The zero-order chi connectivity index (χ0) is 19.5. The third-order valence-electron chi connectivity index (χ3n) is 4.04. The van der Waals surface area contributed by atoms with Crippen LogP contribution >= 0.6 is 0 Å². The zero-order valence-corrected chi connectivity index (χ0v) is 14.6. The van der Waals surface area contributed by atoms with Crippen LogP contribution < -0.4 is 15.2 Å². The summed E-state index contributed by atoms with van der Waals surface area (Å²) >= 11 is 0. The van der Waals surface area contributed by atoms with Crippen LogP contribution in [0.25, 0.3) is 11.1 Å². The highest BCUT2D eigenvalue weighted by Gasteiger charge is 2.31. The number of alkyl halides is 3. The Bertz CT molecular complexity index is 801. The number of amides is 1. The topological polar surface area (TPSA) is 61.4 Å². The molecule has 0 unspecified atom stereocenters. The first-order chi connectivity index (χ1) is 12.1. The average Bonchev–Trinajstić information content (AvgIpc) is 2.58. The molecule has 4 nitrogen and oxygen atoms in total. The first kappa shape index (κ1) is 19.6. The number of methoxy groups -OCH3 is 1. The van der Waals surface area contributed by atoms with Crippen molar-refractivity contribution in [3.05, 3.63) is 53.1 Å². The van der Waals surface area contributed by atoms with E-state index >= 15 is 0 Å². The van der Waals surface area contributed by atoms with E-state index in [9.17, 15) is 23.1 Å². The van der Waals surface area contributed by atoms with Crippen molar-refractivity contribution in [2.24, 2.45) is 0 Å². The van der Waals surface area contributed by atoms with Gasteiger partial charge in [-0.05, 0) is 46.9 Å². The molecule has 140 valence electrons. The molecule has 0 saturated heterocycles. The number of hydrogen-bond acceptors (Lipinski definition) is 3. The second-order valence-electron chi connectivity index (χ2n) is 6.13. The highest BCUT2D eigenvalue weighted by molar-refractivity contribution is 5.75. The Kier molecular flexibility index (Phi) is 5.79. The van der Waals surface area contributed by atoms with Gasteiger partial charge in [-0.3, -0.25) is 0 Å². The summed E-state index contributed by atoms with van der Waals surface area (Å²) in [7, 11) is 1.47. The van der Waals surface area contributed by atoms with Crippen LogP contribution in [0, 0.1) is 0 Å². The van der Waals surface area contributed by atoms with E-state index in [1.807, 2.05) is 31.3 Å². The van der Waals surface area contributed by atoms with E-state index < -0.39 is 17.8 Å². The number of carboxylic acid groups (broad SMARTS) is 1. The van der Waals surface area contributed by atoms with Crippen LogP contribution in [0.3, 0.4) is 0 Å². The van der Waals surface area contributed by atoms with Crippen molar-refractivity contribution < 1.29 is 27.8 Å². The molecule has 2 aromatic rings. The molecule has 0 radical (unpaired) electrons. The Balaban J connectivity index is 2.63. The monoisotopic (exact) mass is 366 g/mol. The number of hydrogen-bond donors (Lipinski definition) is 1. The van der Waals surface area contributed by atoms with Crippen LogP contribution in [0.2, 0.25) is 0 Å². The van der Waals surface area contributed by atoms with Crippen LogP contribution in [0.4, 0.5) is 18.0 Å². The molecule has 0 aliphatic carbocycles. The summed E-state index contributed by atoms with van der Waals surface area (Å²) in [4.78, 5) is 10.7. The smallest absolute Gasteiger partial charge is 0.416 e. The maximum Gasteiger partial charge on any atom is 0.416 e. The third-order valence-corrected chi connectivity index (χ3v) is 4.04. The lowest BCUT2D eigenvalue weighted by Gasteiger charge is -2.18. The van der Waals surface area contributed by atoms with Crippen LogP contribution in [-0.2, 0) is 12.7 Å². The largest absolute Gasteiger partial charge is 0.530 e. The molecule has 0 spiro atoms. The molecule has 26 heavy (non-hydrogen) atoms. The minimum atomic E-state index is -4.53. The summed E-state index contributed by atoms with van der Waals surface area (Å²) in [5.74, 6) is 0.697.